The lowest BCUT2D eigenvalue weighted by atomic mass is 10.1. The van der Waals surface area contributed by atoms with E-state index in [1.54, 1.807) is 0 Å². The topological polar surface area (TPSA) is 43.7 Å². The van der Waals surface area contributed by atoms with Crippen molar-refractivity contribution in [3.05, 3.63) is 29.8 Å². The van der Waals surface area contributed by atoms with Gasteiger partial charge in [-0.2, -0.15) is 0 Å². The van der Waals surface area contributed by atoms with Crippen LogP contribution in [0.25, 0.3) is 0 Å². The molecule has 0 amide bonds. The number of anilines is 1. The van der Waals surface area contributed by atoms with Crippen LogP contribution in [-0.4, -0.2) is 29.4 Å². The quantitative estimate of drug-likeness (QED) is 0.798. The van der Waals surface area contributed by atoms with Crippen LogP contribution in [0.3, 0.4) is 0 Å². The van der Waals surface area contributed by atoms with E-state index >= 15 is 0 Å². The Morgan fingerprint density at radius 1 is 1.18 bits per heavy atom. The number of hydrogen-bond donors (Lipinski definition) is 2. The van der Waals surface area contributed by atoms with E-state index in [-0.39, 0.29) is 12.7 Å². The van der Waals surface area contributed by atoms with Crippen molar-refractivity contribution in [1.29, 1.82) is 0 Å². The number of benzene rings is 1. The first-order valence-corrected chi connectivity index (χ1v) is 6.25. The van der Waals surface area contributed by atoms with E-state index in [0.717, 1.165) is 17.7 Å². The Morgan fingerprint density at radius 3 is 2.18 bits per heavy atom. The van der Waals surface area contributed by atoms with Crippen molar-refractivity contribution in [2.45, 2.75) is 39.3 Å². The molecular formula is C14H23NO2. The van der Waals surface area contributed by atoms with Crippen molar-refractivity contribution in [3.63, 3.8) is 0 Å². The van der Waals surface area contributed by atoms with Gasteiger partial charge in [0.2, 0.25) is 0 Å². The summed E-state index contributed by atoms with van der Waals surface area (Å²) in [5.74, 6) is 0. The third kappa shape index (κ3) is 3.72. The average molecular weight is 237 g/mol. The predicted octanol–water partition coefficient (Wildman–Crippen LogP) is 2.34. The van der Waals surface area contributed by atoms with Gasteiger partial charge >= 0.3 is 0 Å². The summed E-state index contributed by atoms with van der Waals surface area (Å²) in [6, 6.07) is 8.27. The maximum atomic E-state index is 9.72. The van der Waals surface area contributed by atoms with Crippen molar-refractivity contribution in [2.24, 2.45) is 0 Å². The predicted molar refractivity (Wildman–Crippen MR) is 71.3 cm³/mol. The molecule has 0 heterocycles. The molecule has 17 heavy (non-hydrogen) atoms. The molecule has 0 saturated carbocycles. The fourth-order valence-corrected chi connectivity index (χ4v) is 1.92. The molecule has 1 rings (SSSR count). The van der Waals surface area contributed by atoms with E-state index in [4.69, 9.17) is 5.11 Å². The number of hydrogen-bond acceptors (Lipinski definition) is 3. The Hall–Kier alpha value is -1.06. The molecule has 0 bridgehead atoms. The number of aliphatic hydroxyl groups excluding tert-OH is 2. The second kappa shape index (κ2) is 6.62. The fraction of sp³-hybridized carbons (Fsp3) is 0.571. The van der Waals surface area contributed by atoms with Crippen molar-refractivity contribution >= 4 is 5.69 Å². The van der Waals surface area contributed by atoms with E-state index < -0.39 is 0 Å². The van der Waals surface area contributed by atoms with Gasteiger partial charge in [0.25, 0.3) is 0 Å². The number of aliphatic hydroxyl groups is 2. The van der Waals surface area contributed by atoms with Gasteiger partial charge in [-0.1, -0.05) is 19.1 Å². The van der Waals surface area contributed by atoms with E-state index in [2.05, 4.69) is 18.7 Å². The van der Waals surface area contributed by atoms with Gasteiger partial charge in [0, 0.05) is 18.3 Å². The molecule has 0 aliphatic heterocycles. The molecule has 0 saturated heterocycles. The Morgan fingerprint density at radius 2 is 1.76 bits per heavy atom. The van der Waals surface area contributed by atoms with Crippen LogP contribution < -0.4 is 4.90 Å². The molecular weight excluding hydrogens is 214 g/mol. The van der Waals surface area contributed by atoms with Gasteiger partial charge in [0.1, 0.15) is 0 Å². The molecule has 0 aliphatic carbocycles. The van der Waals surface area contributed by atoms with Crippen LogP contribution in [-0.2, 0) is 0 Å². The first kappa shape index (κ1) is 14.0. The highest BCUT2D eigenvalue weighted by Crippen LogP contribution is 2.22. The van der Waals surface area contributed by atoms with Crippen molar-refractivity contribution in [2.75, 3.05) is 18.1 Å². The highest BCUT2D eigenvalue weighted by Gasteiger charge is 2.10. The fourth-order valence-electron chi connectivity index (χ4n) is 1.92. The van der Waals surface area contributed by atoms with Gasteiger partial charge in [-0.25, -0.2) is 0 Å². The molecule has 2 N–H and O–H groups in total. The minimum Gasteiger partial charge on any atom is -0.395 e. The second-order valence-electron chi connectivity index (χ2n) is 4.53. The summed E-state index contributed by atoms with van der Waals surface area (Å²) in [5, 5.41) is 18.8. The minimum atomic E-state index is -0.380. The largest absolute Gasteiger partial charge is 0.395 e. The molecule has 1 atom stereocenters. The van der Waals surface area contributed by atoms with Crippen LogP contribution in [0.2, 0.25) is 0 Å². The van der Waals surface area contributed by atoms with Crippen LogP contribution in [0.4, 0.5) is 5.69 Å². The Kier molecular flexibility index (Phi) is 5.45. The van der Waals surface area contributed by atoms with E-state index in [1.165, 1.54) is 0 Å². The van der Waals surface area contributed by atoms with Crippen molar-refractivity contribution in [3.8, 4) is 0 Å². The Labute approximate surface area is 104 Å². The third-order valence-electron chi connectivity index (χ3n) is 2.96. The third-order valence-corrected chi connectivity index (χ3v) is 2.96. The van der Waals surface area contributed by atoms with E-state index in [0.29, 0.717) is 12.6 Å². The summed E-state index contributed by atoms with van der Waals surface area (Å²) in [5.41, 5.74) is 2.03. The lowest BCUT2D eigenvalue weighted by Gasteiger charge is -2.28. The summed E-state index contributed by atoms with van der Waals surface area (Å²) in [6.45, 7) is 6.95. The van der Waals surface area contributed by atoms with Gasteiger partial charge in [-0.15, -0.1) is 0 Å². The van der Waals surface area contributed by atoms with Crippen LogP contribution in [0.5, 0.6) is 0 Å². The van der Waals surface area contributed by atoms with Gasteiger partial charge in [-0.3, -0.25) is 0 Å². The maximum Gasteiger partial charge on any atom is 0.0787 e. The minimum absolute atomic E-state index is 0.150. The van der Waals surface area contributed by atoms with Crippen LogP contribution >= 0.6 is 0 Å². The first-order chi connectivity index (χ1) is 8.10. The summed E-state index contributed by atoms with van der Waals surface area (Å²) in [6.07, 6.45) is 0.346. The summed E-state index contributed by atoms with van der Waals surface area (Å²) < 4.78 is 0. The molecule has 3 heteroatoms. The lowest BCUT2D eigenvalue weighted by molar-refractivity contribution is 0.173. The SMILES string of the molecule is CCC(O)c1ccc(N(CCO)C(C)C)cc1. The van der Waals surface area contributed by atoms with Gasteiger partial charge < -0.3 is 15.1 Å². The van der Waals surface area contributed by atoms with Gasteiger partial charge in [-0.05, 0) is 38.0 Å². The Bertz CT molecular complexity index is 321. The summed E-state index contributed by atoms with van der Waals surface area (Å²) in [4.78, 5) is 2.14. The number of rotatable bonds is 6. The smallest absolute Gasteiger partial charge is 0.0787 e. The molecule has 1 unspecified atom stereocenters. The Balaban J connectivity index is 2.84. The highest BCUT2D eigenvalue weighted by atomic mass is 16.3. The standard InChI is InChI=1S/C14H23NO2/c1-4-14(17)12-5-7-13(8-6-12)15(9-10-16)11(2)3/h5-8,11,14,16-17H,4,9-10H2,1-3H3. The molecule has 3 nitrogen and oxygen atoms in total. The molecule has 0 aliphatic rings. The average Bonchev–Trinajstić information content (AvgIpc) is 2.35. The lowest BCUT2D eigenvalue weighted by Crippen LogP contribution is -2.33. The summed E-state index contributed by atoms with van der Waals surface area (Å²) in [7, 11) is 0. The highest BCUT2D eigenvalue weighted by molar-refractivity contribution is 5.48. The zero-order chi connectivity index (χ0) is 12.8. The molecule has 1 aromatic carbocycles. The molecule has 0 radical (unpaired) electrons. The van der Waals surface area contributed by atoms with Crippen molar-refractivity contribution in [1.82, 2.24) is 0 Å². The zero-order valence-corrected chi connectivity index (χ0v) is 10.9. The molecule has 0 fully saturated rings. The monoisotopic (exact) mass is 237 g/mol. The zero-order valence-electron chi connectivity index (χ0n) is 10.9. The van der Waals surface area contributed by atoms with E-state index in [9.17, 15) is 5.11 Å². The normalized spacial score (nSPS) is 12.8. The molecule has 1 aromatic rings. The molecule has 0 spiro atoms. The summed E-state index contributed by atoms with van der Waals surface area (Å²) >= 11 is 0. The first-order valence-electron chi connectivity index (χ1n) is 6.25. The van der Waals surface area contributed by atoms with Crippen LogP contribution in [0.1, 0.15) is 38.9 Å². The van der Waals surface area contributed by atoms with Crippen molar-refractivity contribution < 1.29 is 10.2 Å². The van der Waals surface area contributed by atoms with E-state index in [1.807, 2.05) is 31.2 Å². The molecule has 0 aromatic heterocycles. The second-order valence-corrected chi connectivity index (χ2v) is 4.53. The van der Waals surface area contributed by atoms with Crippen LogP contribution in [0, 0.1) is 0 Å². The maximum absolute atomic E-state index is 9.72. The number of nitrogens with zero attached hydrogens (tertiary/aromatic N) is 1. The molecule has 96 valence electrons. The van der Waals surface area contributed by atoms with Gasteiger partial charge in [0.05, 0.1) is 12.7 Å². The van der Waals surface area contributed by atoms with Crippen LogP contribution in [0.15, 0.2) is 24.3 Å². The van der Waals surface area contributed by atoms with Gasteiger partial charge in [0.15, 0.2) is 0 Å².